The summed E-state index contributed by atoms with van der Waals surface area (Å²) in [5.41, 5.74) is 8.29. The molecule has 0 unspecified atom stereocenters. The average Bonchev–Trinajstić information content (AvgIpc) is 3.35. The molecule has 0 bridgehead atoms. The van der Waals surface area contributed by atoms with Crippen molar-refractivity contribution >= 4 is 15.5 Å². The molecule has 7 heteroatoms. The predicted octanol–water partition coefficient (Wildman–Crippen LogP) is 6.90. The molecule has 0 amide bonds. The van der Waals surface area contributed by atoms with Gasteiger partial charge in [-0.25, -0.2) is 10.2 Å². The summed E-state index contributed by atoms with van der Waals surface area (Å²) < 4.78 is 4.18. The Balaban J connectivity index is 0.000000195. The van der Waals surface area contributed by atoms with Gasteiger partial charge in [0.05, 0.1) is 28.4 Å². The van der Waals surface area contributed by atoms with Crippen molar-refractivity contribution in [1.82, 2.24) is 19.4 Å². The van der Waals surface area contributed by atoms with Crippen molar-refractivity contribution in [2.45, 2.75) is 141 Å². The average molecular weight is 592 g/mol. The van der Waals surface area contributed by atoms with Crippen LogP contribution in [0.4, 0.5) is 0 Å². The summed E-state index contributed by atoms with van der Waals surface area (Å²) in [7, 11) is -0.552. The van der Waals surface area contributed by atoms with Crippen LogP contribution in [0, 0.1) is 27.7 Å². The van der Waals surface area contributed by atoms with Crippen LogP contribution in [-0.2, 0) is 22.4 Å². The van der Waals surface area contributed by atoms with Crippen molar-refractivity contribution in [3.63, 3.8) is 0 Å². The van der Waals surface area contributed by atoms with Gasteiger partial charge < -0.3 is 9.19 Å². The molecule has 3 fully saturated rings. The summed E-state index contributed by atoms with van der Waals surface area (Å²) in [5, 5.41) is 8.93. The quantitative estimate of drug-likeness (QED) is 0.280. The summed E-state index contributed by atoms with van der Waals surface area (Å²) in [5.74, 6) is 0. The van der Waals surface area contributed by atoms with Gasteiger partial charge in [-0.2, -0.15) is 0 Å². The van der Waals surface area contributed by atoms with E-state index in [-0.39, 0.29) is 30.3 Å². The first-order chi connectivity index (χ1) is 16.5. The van der Waals surface area contributed by atoms with Crippen LogP contribution in [0.5, 0.6) is 0 Å². The molecular formula is C28H50AgBN4P+. The minimum atomic E-state index is -0.506. The van der Waals surface area contributed by atoms with Gasteiger partial charge in [0.25, 0.3) is 0 Å². The molecular weight excluding hydrogens is 542 g/mol. The molecule has 2 aromatic heterocycles. The standard InChI is InChI=1S/C18H33P.C10H16BN4.Ag/c1-4-10-16(11-5-1)19(17-12-6-2-7-13-17)18-14-8-3-9-15-18;1-7-5-9(3)14(12-7)11-15-10(4)6-8(2)13-15;/h16-18H,1-15H2;5-6H,11H2,1-4H3;/q;-1;+1/p+1. The Hall–Kier alpha value is -0.345. The Bertz CT molecular complexity index is 793. The minimum Gasteiger partial charge on any atom is -0.426 e. The molecule has 35 heavy (non-hydrogen) atoms. The van der Waals surface area contributed by atoms with Gasteiger partial charge in [-0.05, 0) is 128 Å². The van der Waals surface area contributed by atoms with E-state index in [0.29, 0.717) is 0 Å². The fraction of sp³-hybridized carbons (Fsp3) is 0.786. The van der Waals surface area contributed by atoms with Crippen LogP contribution >= 0.6 is 7.92 Å². The summed E-state index contributed by atoms with van der Waals surface area (Å²) in [6.07, 6.45) is 23.8. The van der Waals surface area contributed by atoms with Crippen LogP contribution in [0.1, 0.15) is 119 Å². The molecule has 0 radical (unpaired) electrons. The molecule has 3 aliphatic carbocycles. The molecule has 3 saturated carbocycles. The third-order valence-corrected chi connectivity index (χ3v) is 13.6. The van der Waals surface area contributed by atoms with E-state index < -0.39 is 7.55 Å². The van der Waals surface area contributed by atoms with E-state index in [1.807, 2.05) is 13.8 Å². The zero-order valence-electron chi connectivity index (χ0n) is 23.1. The van der Waals surface area contributed by atoms with E-state index in [1.54, 1.807) is 96.3 Å². The molecule has 2 aromatic rings. The molecule has 0 saturated heterocycles. The number of aryl methyl sites for hydroxylation is 4. The van der Waals surface area contributed by atoms with E-state index in [4.69, 9.17) is 0 Å². The normalized spacial score (nSPS) is 20.4. The fourth-order valence-electron chi connectivity index (χ4n) is 7.37. The van der Waals surface area contributed by atoms with Gasteiger partial charge in [0.1, 0.15) is 0 Å². The fourth-order valence-corrected chi connectivity index (χ4v) is 12.6. The molecule has 5 rings (SSSR count). The number of hydrogen-bond acceptors (Lipinski definition) is 2. The van der Waals surface area contributed by atoms with E-state index in [1.165, 1.54) is 28.4 Å². The second kappa shape index (κ2) is 14.6. The van der Waals surface area contributed by atoms with Crippen LogP contribution in [0.15, 0.2) is 12.1 Å². The zero-order chi connectivity index (χ0) is 23.9. The van der Waals surface area contributed by atoms with Gasteiger partial charge in [-0.15, -0.1) is 0 Å². The van der Waals surface area contributed by atoms with Crippen LogP contribution in [0.3, 0.4) is 0 Å². The second-order valence-corrected chi connectivity index (χ2v) is 15.3. The SMILES string of the molecule is C1CCC([PH+](C2CCCCC2)C2CCCCC2)CC1.Cc1cc(C)n([BH2-]n2nc(C)cc2C)n1.[Ag+]. The number of aromatic nitrogens is 4. The molecule has 200 valence electrons. The van der Waals surface area contributed by atoms with E-state index in [0.717, 1.165) is 11.4 Å². The Morgan fingerprint density at radius 2 is 0.914 bits per heavy atom. The molecule has 0 atom stereocenters. The van der Waals surface area contributed by atoms with Gasteiger partial charge in [0.15, 0.2) is 7.55 Å². The molecule has 4 nitrogen and oxygen atoms in total. The van der Waals surface area contributed by atoms with Gasteiger partial charge >= 0.3 is 22.4 Å². The van der Waals surface area contributed by atoms with E-state index in [2.05, 4.69) is 45.4 Å². The smallest absolute Gasteiger partial charge is 0.426 e. The first kappa shape index (κ1) is 29.2. The van der Waals surface area contributed by atoms with Gasteiger partial charge in [-0.3, -0.25) is 0 Å². The van der Waals surface area contributed by atoms with E-state index >= 15 is 0 Å². The van der Waals surface area contributed by atoms with Crippen molar-refractivity contribution in [2.75, 3.05) is 0 Å². The third kappa shape index (κ3) is 8.32. The topological polar surface area (TPSA) is 35.6 Å². The maximum absolute atomic E-state index is 4.47. The Labute approximate surface area is 232 Å². The minimum absolute atomic E-state index is 0. The molecule has 0 aliphatic heterocycles. The van der Waals surface area contributed by atoms with E-state index in [9.17, 15) is 0 Å². The largest absolute Gasteiger partial charge is 1.00 e. The number of hydrogen-bond donors (Lipinski definition) is 0. The Morgan fingerprint density at radius 3 is 1.17 bits per heavy atom. The summed E-state index contributed by atoms with van der Waals surface area (Å²) >= 11 is 0. The van der Waals surface area contributed by atoms with Crippen molar-refractivity contribution < 1.29 is 22.4 Å². The molecule has 0 N–H and O–H groups in total. The van der Waals surface area contributed by atoms with Crippen LogP contribution in [0.2, 0.25) is 0 Å². The van der Waals surface area contributed by atoms with Crippen LogP contribution in [0.25, 0.3) is 0 Å². The van der Waals surface area contributed by atoms with Crippen molar-refractivity contribution in [3.8, 4) is 0 Å². The summed E-state index contributed by atoms with van der Waals surface area (Å²) in [6, 6.07) is 4.21. The van der Waals surface area contributed by atoms with Crippen molar-refractivity contribution in [3.05, 3.63) is 34.9 Å². The number of nitrogens with zero attached hydrogens (tertiary/aromatic N) is 4. The van der Waals surface area contributed by atoms with Crippen LogP contribution < -0.4 is 0 Å². The third-order valence-electron chi connectivity index (χ3n) is 9.08. The van der Waals surface area contributed by atoms with Gasteiger partial charge in [-0.1, -0.05) is 19.3 Å². The Morgan fingerprint density at radius 1 is 0.600 bits per heavy atom. The van der Waals surface area contributed by atoms with Crippen LogP contribution in [-0.4, -0.2) is 43.9 Å². The maximum atomic E-state index is 4.47. The number of rotatable bonds is 5. The first-order valence-corrected chi connectivity index (χ1v) is 16.4. The zero-order valence-corrected chi connectivity index (χ0v) is 25.6. The Kier molecular flexibility index (Phi) is 12.1. The maximum Gasteiger partial charge on any atom is 1.00 e. The van der Waals surface area contributed by atoms with Crippen molar-refractivity contribution in [1.29, 1.82) is 0 Å². The summed E-state index contributed by atoms with van der Waals surface area (Å²) in [4.78, 5) is 0. The summed E-state index contributed by atoms with van der Waals surface area (Å²) in [6.45, 7) is 8.23. The van der Waals surface area contributed by atoms with Gasteiger partial charge in [0, 0.05) is 7.92 Å². The molecule has 2 heterocycles. The molecule has 0 aromatic carbocycles. The first-order valence-electron chi connectivity index (χ1n) is 14.7. The monoisotopic (exact) mass is 591 g/mol. The van der Waals surface area contributed by atoms with Gasteiger partial charge in [0.2, 0.25) is 0 Å². The molecule has 3 aliphatic rings. The second-order valence-electron chi connectivity index (χ2n) is 11.8. The molecule has 0 spiro atoms. The predicted molar refractivity (Wildman–Crippen MR) is 152 cm³/mol. The van der Waals surface area contributed by atoms with Crippen molar-refractivity contribution in [2.24, 2.45) is 0 Å².